The van der Waals surface area contributed by atoms with E-state index in [4.69, 9.17) is 5.73 Å². The highest BCUT2D eigenvalue weighted by Gasteiger charge is 2.31. The van der Waals surface area contributed by atoms with Crippen molar-refractivity contribution in [3.63, 3.8) is 0 Å². The van der Waals surface area contributed by atoms with Gasteiger partial charge in [0.05, 0.1) is 16.4 Å². The number of primary amides is 1. The van der Waals surface area contributed by atoms with Gasteiger partial charge < -0.3 is 21.2 Å². The second-order valence-corrected chi connectivity index (χ2v) is 8.27. The Bertz CT molecular complexity index is 951. The summed E-state index contributed by atoms with van der Waals surface area (Å²) in [5.41, 5.74) is 7.31. The van der Waals surface area contributed by atoms with Crippen LogP contribution in [-0.2, 0) is 17.6 Å². The third-order valence-corrected chi connectivity index (χ3v) is 6.77. The third-order valence-electron chi connectivity index (χ3n) is 4.63. The molecule has 2 amide bonds. The number of hydrogen-bond donors (Lipinski definition) is 2. The van der Waals surface area contributed by atoms with Gasteiger partial charge in [0.15, 0.2) is 0 Å². The third kappa shape index (κ3) is 3.48. The van der Waals surface area contributed by atoms with Crippen LogP contribution in [0.1, 0.15) is 52.3 Å². The summed E-state index contributed by atoms with van der Waals surface area (Å²) in [7, 11) is 0. The average Bonchev–Trinajstić information content (AvgIpc) is 3.12. The smallest absolute Gasteiger partial charge is 0.365 e. The van der Waals surface area contributed by atoms with Crippen LogP contribution in [0.4, 0.5) is 10.8 Å². The Kier molecular flexibility index (Phi) is 5.33. The molecule has 3 rings (SSSR count). The number of nitrogens with one attached hydrogen (secondary N) is 1. The monoisotopic (exact) mass is 455 g/mol. The van der Waals surface area contributed by atoms with Gasteiger partial charge in [-0.3, -0.25) is 9.59 Å². The number of halogens is 1. The molecule has 0 spiro atoms. The summed E-state index contributed by atoms with van der Waals surface area (Å²) in [5.74, 6) is -1.34. The van der Waals surface area contributed by atoms with Crippen molar-refractivity contribution < 1.29 is 14.5 Å². The number of nitrogens with zero attached hydrogens (tertiary/aromatic N) is 3. The van der Waals surface area contributed by atoms with Gasteiger partial charge in [-0.2, -0.15) is 4.68 Å². The fraction of sp³-hybridized carbons (Fsp3) is 0.438. The van der Waals surface area contributed by atoms with Crippen LogP contribution in [-0.4, -0.2) is 26.5 Å². The van der Waals surface area contributed by atoms with Crippen molar-refractivity contribution >= 4 is 49.9 Å². The van der Waals surface area contributed by atoms with Gasteiger partial charge in [-0.05, 0) is 65.9 Å². The fourth-order valence-corrected chi connectivity index (χ4v) is 4.92. The van der Waals surface area contributed by atoms with Gasteiger partial charge in [0, 0.05) is 4.88 Å². The van der Waals surface area contributed by atoms with Crippen molar-refractivity contribution in [1.82, 2.24) is 9.78 Å². The molecule has 0 aromatic carbocycles. The standard InChI is InChI=1S/C16H18BrN5O4S/c1-7-12(17)14(22(25)26)20-21(7)8(2)15(24)19-16-11(13(18)23)9-5-3-4-6-10(9)27-16/h8H,3-6H2,1-2H3,(H2,18,23)(H,19,24)/t8-/m1/s1. The van der Waals surface area contributed by atoms with Gasteiger partial charge in [-0.25, -0.2) is 0 Å². The maximum Gasteiger partial charge on any atom is 0.404 e. The van der Waals surface area contributed by atoms with E-state index < -0.39 is 22.8 Å². The van der Waals surface area contributed by atoms with Crippen molar-refractivity contribution in [3.8, 4) is 0 Å². The molecule has 0 bridgehead atoms. The molecular formula is C16H18BrN5O4S. The summed E-state index contributed by atoms with van der Waals surface area (Å²) < 4.78 is 1.52. The molecule has 0 aliphatic heterocycles. The van der Waals surface area contributed by atoms with E-state index in [1.54, 1.807) is 13.8 Å². The van der Waals surface area contributed by atoms with E-state index in [0.717, 1.165) is 36.1 Å². The molecule has 144 valence electrons. The summed E-state index contributed by atoms with van der Waals surface area (Å²) in [5, 5.41) is 18.2. The lowest BCUT2D eigenvalue weighted by Crippen LogP contribution is -2.26. The Morgan fingerprint density at radius 1 is 1.41 bits per heavy atom. The molecule has 0 unspecified atom stereocenters. The normalized spacial score (nSPS) is 14.5. The second kappa shape index (κ2) is 7.39. The van der Waals surface area contributed by atoms with E-state index in [-0.39, 0.29) is 10.3 Å². The predicted molar refractivity (Wildman–Crippen MR) is 104 cm³/mol. The molecule has 0 saturated carbocycles. The molecule has 1 aliphatic carbocycles. The Morgan fingerprint density at radius 3 is 2.67 bits per heavy atom. The number of anilines is 1. The van der Waals surface area contributed by atoms with Crippen LogP contribution >= 0.6 is 27.3 Å². The van der Waals surface area contributed by atoms with Gasteiger partial charge in [0.25, 0.3) is 11.8 Å². The predicted octanol–water partition coefficient (Wildman–Crippen LogP) is 3.10. The summed E-state index contributed by atoms with van der Waals surface area (Å²) in [6.07, 6.45) is 3.66. The minimum absolute atomic E-state index is 0.233. The van der Waals surface area contributed by atoms with E-state index in [2.05, 4.69) is 26.3 Å². The van der Waals surface area contributed by atoms with Gasteiger partial charge >= 0.3 is 5.82 Å². The number of nitro groups is 1. The molecule has 2 heterocycles. The quantitative estimate of drug-likeness (QED) is 0.527. The minimum Gasteiger partial charge on any atom is -0.365 e. The van der Waals surface area contributed by atoms with Crippen molar-refractivity contribution in [2.75, 3.05) is 5.32 Å². The molecular weight excluding hydrogens is 438 g/mol. The van der Waals surface area contributed by atoms with E-state index in [0.29, 0.717) is 16.3 Å². The van der Waals surface area contributed by atoms with Crippen LogP contribution in [0.2, 0.25) is 0 Å². The van der Waals surface area contributed by atoms with Gasteiger partial charge in [0.2, 0.25) is 0 Å². The molecule has 1 aliphatic rings. The van der Waals surface area contributed by atoms with Crippen LogP contribution in [0, 0.1) is 17.0 Å². The second-order valence-electron chi connectivity index (χ2n) is 6.37. The van der Waals surface area contributed by atoms with Gasteiger partial charge in [-0.15, -0.1) is 11.3 Å². The Morgan fingerprint density at radius 2 is 2.07 bits per heavy atom. The highest BCUT2D eigenvalue weighted by molar-refractivity contribution is 9.10. The number of nitrogens with two attached hydrogens (primary N) is 1. The molecule has 0 radical (unpaired) electrons. The number of aryl methyl sites for hydroxylation is 1. The zero-order chi connectivity index (χ0) is 19.9. The number of rotatable bonds is 5. The molecule has 1 atom stereocenters. The van der Waals surface area contributed by atoms with Crippen molar-refractivity contribution in [2.24, 2.45) is 5.73 Å². The Balaban J connectivity index is 1.90. The van der Waals surface area contributed by atoms with Crippen LogP contribution in [0.3, 0.4) is 0 Å². The molecule has 3 N–H and O–H groups in total. The zero-order valence-electron chi connectivity index (χ0n) is 14.7. The first-order chi connectivity index (χ1) is 12.7. The number of amides is 2. The average molecular weight is 456 g/mol. The van der Waals surface area contributed by atoms with Gasteiger partial charge in [-0.1, -0.05) is 0 Å². The maximum absolute atomic E-state index is 12.7. The Labute approximate surface area is 167 Å². The molecule has 2 aromatic rings. The summed E-state index contributed by atoms with van der Waals surface area (Å²) >= 11 is 4.51. The van der Waals surface area contributed by atoms with Crippen LogP contribution in [0.15, 0.2) is 4.47 Å². The van der Waals surface area contributed by atoms with Crippen molar-refractivity contribution in [2.45, 2.75) is 45.6 Å². The molecule has 0 saturated heterocycles. The molecule has 27 heavy (non-hydrogen) atoms. The summed E-state index contributed by atoms with van der Waals surface area (Å²) in [6, 6.07) is -0.810. The van der Waals surface area contributed by atoms with E-state index in [9.17, 15) is 19.7 Å². The first-order valence-corrected chi connectivity index (χ1v) is 9.97. The number of carbonyl (C=O) groups excluding carboxylic acids is 2. The topological polar surface area (TPSA) is 133 Å². The van der Waals surface area contributed by atoms with Crippen LogP contribution < -0.4 is 11.1 Å². The molecule has 0 fully saturated rings. The Hall–Kier alpha value is -2.27. The zero-order valence-corrected chi connectivity index (χ0v) is 17.1. The van der Waals surface area contributed by atoms with E-state index in [1.807, 2.05) is 0 Å². The highest BCUT2D eigenvalue weighted by atomic mass is 79.9. The molecule has 11 heteroatoms. The first-order valence-electron chi connectivity index (χ1n) is 8.36. The summed E-state index contributed by atoms with van der Waals surface area (Å²) in [4.78, 5) is 36.2. The number of carbonyl (C=O) groups is 2. The maximum atomic E-state index is 12.7. The van der Waals surface area contributed by atoms with E-state index >= 15 is 0 Å². The van der Waals surface area contributed by atoms with Crippen LogP contribution in [0.25, 0.3) is 0 Å². The number of thiophene rings is 1. The number of fused-ring (bicyclic) bond motifs is 1. The van der Waals surface area contributed by atoms with Crippen molar-refractivity contribution in [3.05, 3.63) is 36.3 Å². The lowest BCUT2D eigenvalue weighted by atomic mass is 9.95. The summed E-state index contributed by atoms with van der Waals surface area (Å²) in [6.45, 7) is 3.22. The first kappa shape index (κ1) is 19.5. The van der Waals surface area contributed by atoms with Crippen LogP contribution in [0.5, 0.6) is 0 Å². The van der Waals surface area contributed by atoms with Gasteiger partial charge in [0.1, 0.15) is 15.5 Å². The van der Waals surface area contributed by atoms with E-state index in [1.165, 1.54) is 16.0 Å². The largest absolute Gasteiger partial charge is 0.404 e. The lowest BCUT2D eigenvalue weighted by molar-refractivity contribution is -0.390. The lowest BCUT2D eigenvalue weighted by Gasteiger charge is -2.12. The molecule has 2 aromatic heterocycles. The number of aromatic nitrogens is 2. The van der Waals surface area contributed by atoms with Crippen molar-refractivity contribution in [1.29, 1.82) is 0 Å². The fourth-order valence-electron chi connectivity index (χ4n) is 3.22. The highest BCUT2D eigenvalue weighted by Crippen LogP contribution is 2.38. The number of hydrogen-bond acceptors (Lipinski definition) is 6. The molecule has 9 nitrogen and oxygen atoms in total. The SMILES string of the molecule is Cc1c(Br)c([N+](=O)[O-])nn1[C@H](C)C(=O)Nc1sc2c(c1C(N)=O)CCCC2. The minimum atomic E-state index is -0.810.